The number of urea groups is 1. The lowest BCUT2D eigenvalue weighted by Crippen LogP contribution is -2.45. The summed E-state index contributed by atoms with van der Waals surface area (Å²) in [7, 11) is 1.57. The van der Waals surface area contributed by atoms with E-state index in [2.05, 4.69) is 5.32 Å². The number of aliphatic carboxylic acids is 1. The minimum atomic E-state index is -0.943. The molecule has 7 heteroatoms. The summed E-state index contributed by atoms with van der Waals surface area (Å²) in [6, 6.07) is 8.79. The van der Waals surface area contributed by atoms with Crippen molar-refractivity contribution in [2.75, 3.05) is 26.7 Å². The van der Waals surface area contributed by atoms with Gasteiger partial charge in [-0.3, -0.25) is 9.59 Å². The Kier molecular flexibility index (Phi) is 6.38. The fraction of sp³-hybridized carbons (Fsp3) is 0.500. The molecule has 0 radical (unpaired) electrons. The van der Waals surface area contributed by atoms with Crippen LogP contribution in [0.1, 0.15) is 31.4 Å². The summed E-state index contributed by atoms with van der Waals surface area (Å²) in [5, 5.41) is 11.9. The predicted molar refractivity (Wildman–Crippen MR) is 93.0 cm³/mol. The first-order valence-electron chi connectivity index (χ1n) is 8.45. The number of hydrogen-bond donors (Lipinski definition) is 2. The molecule has 1 aliphatic rings. The molecule has 1 fully saturated rings. The van der Waals surface area contributed by atoms with Crippen LogP contribution in [-0.2, 0) is 9.59 Å². The molecule has 2 rings (SSSR count). The Bertz CT molecular complexity index is 620. The maximum absolute atomic E-state index is 12.5. The number of amides is 3. The number of carboxylic acids is 1. The number of likely N-dealkylation sites (tertiary alicyclic amines) is 1. The van der Waals surface area contributed by atoms with Gasteiger partial charge in [0.25, 0.3) is 0 Å². The third-order valence-corrected chi connectivity index (χ3v) is 4.39. The van der Waals surface area contributed by atoms with Crippen LogP contribution in [0.3, 0.4) is 0 Å². The molecule has 0 aliphatic carbocycles. The lowest BCUT2D eigenvalue weighted by atomic mass is 10.1. The second-order valence-electron chi connectivity index (χ2n) is 6.48. The van der Waals surface area contributed by atoms with Gasteiger partial charge in [-0.2, -0.15) is 0 Å². The van der Waals surface area contributed by atoms with E-state index in [1.54, 1.807) is 18.9 Å². The van der Waals surface area contributed by atoms with Crippen LogP contribution >= 0.6 is 0 Å². The fourth-order valence-corrected chi connectivity index (χ4v) is 2.87. The van der Waals surface area contributed by atoms with E-state index in [0.717, 1.165) is 12.0 Å². The molecule has 0 aromatic heterocycles. The Balaban J connectivity index is 2.06. The van der Waals surface area contributed by atoms with E-state index in [0.29, 0.717) is 19.5 Å². The van der Waals surface area contributed by atoms with Crippen molar-refractivity contribution in [3.63, 3.8) is 0 Å². The van der Waals surface area contributed by atoms with Gasteiger partial charge >= 0.3 is 12.0 Å². The van der Waals surface area contributed by atoms with Crippen molar-refractivity contribution in [2.45, 2.75) is 25.8 Å². The van der Waals surface area contributed by atoms with Crippen LogP contribution in [0.25, 0.3) is 0 Å². The third kappa shape index (κ3) is 5.20. The molecule has 1 saturated heterocycles. The first-order chi connectivity index (χ1) is 11.9. The van der Waals surface area contributed by atoms with Crippen molar-refractivity contribution in [2.24, 2.45) is 5.92 Å². The standard InChI is InChI=1S/C18H25N3O4/c1-13(17(23)24)11-20(2)18(25)19-15(14-7-4-3-5-8-14)12-21-10-6-9-16(21)22/h3-5,7-8,13,15H,6,9-12H2,1-2H3,(H,19,25)(H,23,24). The van der Waals surface area contributed by atoms with Crippen LogP contribution in [0.15, 0.2) is 30.3 Å². The molecule has 3 amide bonds. The van der Waals surface area contributed by atoms with Crippen molar-refractivity contribution in [1.82, 2.24) is 15.1 Å². The van der Waals surface area contributed by atoms with E-state index in [9.17, 15) is 14.4 Å². The summed E-state index contributed by atoms with van der Waals surface area (Å²) in [4.78, 5) is 38.5. The van der Waals surface area contributed by atoms with E-state index in [1.165, 1.54) is 4.90 Å². The largest absolute Gasteiger partial charge is 0.481 e. The lowest BCUT2D eigenvalue weighted by molar-refractivity contribution is -0.141. The second kappa shape index (κ2) is 8.50. The first kappa shape index (κ1) is 18.8. The molecule has 2 N–H and O–H groups in total. The normalized spacial score (nSPS) is 16.4. The number of benzene rings is 1. The number of nitrogens with one attached hydrogen (secondary N) is 1. The highest BCUT2D eigenvalue weighted by Crippen LogP contribution is 2.19. The van der Waals surface area contributed by atoms with E-state index >= 15 is 0 Å². The summed E-state index contributed by atoms with van der Waals surface area (Å²) in [6.45, 7) is 2.79. The van der Waals surface area contributed by atoms with E-state index < -0.39 is 11.9 Å². The second-order valence-corrected chi connectivity index (χ2v) is 6.48. The Hall–Kier alpha value is -2.57. The zero-order valence-electron chi connectivity index (χ0n) is 14.6. The number of hydrogen-bond acceptors (Lipinski definition) is 3. The third-order valence-electron chi connectivity index (χ3n) is 4.39. The van der Waals surface area contributed by atoms with Gasteiger partial charge in [0, 0.05) is 33.1 Å². The molecule has 0 saturated carbocycles. The zero-order valence-corrected chi connectivity index (χ0v) is 14.6. The van der Waals surface area contributed by atoms with Crippen molar-refractivity contribution < 1.29 is 19.5 Å². The molecular formula is C18H25N3O4. The van der Waals surface area contributed by atoms with Crippen LogP contribution in [0.2, 0.25) is 0 Å². The number of nitrogens with zero attached hydrogens (tertiary/aromatic N) is 2. The van der Waals surface area contributed by atoms with Gasteiger partial charge in [-0.05, 0) is 12.0 Å². The van der Waals surface area contributed by atoms with Gasteiger partial charge < -0.3 is 20.2 Å². The maximum Gasteiger partial charge on any atom is 0.317 e. The van der Waals surface area contributed by atoms with Gasteiger partial charge in [0.1, 0.15) is 0 Å². The van der Waals surface area contributed by atoms with Crippen LogP contribution in [0, 0.1) is 5.92 Å². The number of carboxylic acid groups (broad SMARTS) is 1. The SMILES string of the molecule is CC(CN(C)C(=O)NC(CN1CCCC1=O)c1ccccc1)C(=O)O. The quantitative estimate of drug-likeness (QED) is 0.786. The maximum atomic E-state index is 12.5. The molecule has 1 aromatic rings. The Labute approximate surface area is 147 Å². The summed E-state index contributed by atoms with van der Waals surface area (Å²) in [6.07, 6.45) is 1.38. The molecule has 25 heavy (non-hydrogen) atoms. The highest BCUT2D eigenvalue weighted by Gasteiger charge is 2.26. The summed E-state index contributed by atoms with van der Waals surface area (Å²) < 4.78 is 0. The molecule has 7 nitrogen and oxygen atoms in total. The molecule has 2 unspecified atom stereocenters. The van der Waals surface area contributed by atoms with Crippen LogP contribution < -0.4 is 5.32 Å². The van der Waals surface area contributed by atoms with Gasteiger partial charge in [0.05, 0.1) is 12.0 Å². The topological polar surface area (TPSA) is 90.0 Å². The van der Waals surface area contributed by atoms with Crippen LogP contribution in [-0.4, -0.2) is 59.5 Å². The minimum Gasteiger partial charge on any atom is -0.481 e. The van der Waals surface area contributed by atoms with Gasteiger partial charge in [-0.25, -0.2) is 4.79 Å². The fourth-order valence-electron chi connectivity index (χ4n) is 2.87. The molecule has 1 heterocycles. The van der Waals surface area contributed by atoms with Crippen molar-refractivity contribution in [1.29, 1.82) is 0 Å². The average molecular weight is 347 g/mol. The van der Waals surface area contributed by atoms with Gasteiger partial charge in [-0.15, -0.1) is 0 Å². The summed E-state index contributed by atoms with van der Waals surface area (Å²) in [5.74, 6) is -1.49. The van der Waals surface area contributed by atoms with Crippen LogP contribution in [0.5, 0.6) is 0 Å². The van der Waals surface area contributed by atoms with Crippen molar-refractivity contribution in [3.8, 4) is 0 Å². The highest BCUT2D eigenvalue weighted by molar-refractivity contribution is 5.79. The Morgan fingerprint density at radius 2 is 2.00 bits per heavy atom. The van der Waals surface area contributed by atoms with Crippen molar-refractivity contribution >= 4 is 17.9 Å². The lowest BCUT2D eigenvalue weighted by Gasteiger charge is -2.28. The van der Waals surface area contributed by atoms with Crippen LogP contribution in [0.4, 0.5) is 4.79 Å². The number of carbonyl (C=O) groups is 3. The zero-order chi connectivity index (χ0) is 18.4. The minimum absolute atomic E-state index is 0.100. The molecule has 0 bridgehead atoms. The average Bonchev–Trinajstić information content (AvgIpc) is 2.99. The van der Waals surface area contributed by atoms with E-state index in [4.69, 9.17) is 5.11 Å². The van der Waals surface area contributed by atoms with Gasteiger partial charge in [-0.1, -0.05) is 37.3 Å². The molecule has 0 spiro atoms. The molecule has 136 valence electrons. The number of carbonyl (C=O) groups excluding carboxylic acids is 2. The summed E-state index contributed by atoms with van der Waals surface area (Å²) >= 11 is 0. The highest BCUT2D eigenvalue weighted by atomic mass is 16.4. The van der Waals surface area contributed by atoms with Gasteiger partial charge in [0.2, 0.25) is 5.91 Å². The van der Waals surface area contributed by atoms with E-state index in [1.807, 2.05) is 30.3 Å². The molecule has 1 aromatic carbocycles. The number of rotatable bonds is 7. The molecular weight excluding hydrogens is 322 g/mol. The monoisotopic (exact) mass is 347 g/mol. The van der Waals surface area contributed by atoms with E-state index in [-0.39, 0.29) is 24.5 Å². The first-order valence-corrected chi connectivity index (χ1v) is 8.45. The van der Waals surface area contributed by atoms with Crippen molar-refractivity contribution in [3.05, 3.63) is 35.9 Å². The Morgan fingerprint density at radius 3 is 2.56 bits per heavy atom. The summed E-state index contributed by atoms with van der Waals surface area (Å²) in [5.41, 5.74) is 0.912. The molecule has 1 aliphatic heterocycles. The van der Waals surface area contributed by atoms with Gasteiger partial charge in [0.15, 0.2) is 0 Å². The molecule has 2 atom stereocenters. The Morgan fingerprint density at radius 1 is 1.32 bits per heavy atom. The smallest absolute Gasteiger partial charge is 0.317 e. The predicted octanol–water partition coefficient (Wildman–Crippen LogP) is 1.71.